The maximum atomic E-state index is 13.3. The second-order valence-corrected chi connectivity index (χ2v) is 3.36. The average Bonchev–Trinajstić information content (AvgIpc) is 2.29. The Kier molecular flexibility index (Phi) is 4.95. The van der Waals surface area contributed by atoms with Gasteiger partial charge in [-0.05, 0) is 17.7 Å². The lowest BCUT2D eigenvalue weighted by atomic mass is 10.1. The minimum atomic E-state index is -0.736. The third-order valence-corrected chi connectivity index (χ3v) is 2.19. The third kappa shape index (κ3) is 3.32. The Morgan fingerprint density at radius 2 is 2.38 bits per heavy atom. The van der Waals surface area contributed by atoms with Gasteiger partial charge in [0.25, 0.3) is 0 Å². The van der Waals surface area contributed by atoms with Gasteiger partial charge in [0, 0.05) is 13.1 Å². The lowest BCUT2D eigenvalue weighted by Gasteiger charge is -2.12. The minimum Gasteiger partial charge on any atom is -0.494 e. The summed E-state index contributed by atoms with van der Waals surface area (Å²) in [5.74, 6) is -0.294. The third-order valence-electron chi connectivity index (χ3n) is 2.19. The van der Waals surface area contributed by atoms with Crippen molar-refractivity contribution >= 4 is 0 Å². The summed E-state index contributed by atoms with van der Waals surface area (Å²) in [6, 6.07) is 4.42. The zero-order chi connectivity index (χ0) is 12.0. The molecule has 0 amide bonds. The lowest BCUT2D eigenvalue weighted by molar-refractivity contribution is 0.175. The molecule has 1 aromatic carbocycles. The molecule has 0 spiro atoms. The Balaban J connectivity index is 2.65. The molecule has 0 saturated carbocycles. The molecule has 0 bridgehead atoms. The van der Waals surface area contributed by atoms with Crippen LogP contribution in [0.4, 0.5) is 4.39 Å². The van der Waals surface area contributed by atoms with Gasteiger partial charge >= 0.3 is 0 Å². The molecule has 1 unspecified atom stereocenters. The quantitative estimate of drug-likeness (QED) is 0.571. The first-order chi connectivity index (χ1) is 7.69. The largest absolute Gasteiger partial charge is 0.494 e. The molecule has 2 N–H and O–H groups in total. The molecule has 16 heavy (non-hydrogen) atoms. The number of aliphatic hydroxyl groups is 1. The summed E-state index contributed by atoms with van der Waals surface area (Å²) in [7, 11) is 1.40. The maximum absolute atomic E-state index is 13.3. The van der Waals surface area contributed by atoms with Crippen LogP contribution in [-0.2, 0) is 0 Å². The molecule has 4 heteroatoms. The molecule has 0 radical (unpaired) electrons. The zero-order valence-corrected chi connectivity index (χ0v) is 9.24. The van der Waals surface area contributed by atoms with E-state index in [-0.39, 0.29) is 5.75 Å². The van der Waals surface area contributed by atoms with Gasteiger partial charge in [-0.15, -0.1) is 6.58 Å². The predicted octanol–water partition coefficient (Wildman–Crippen LogP) is 1.64. The van der Waals surface area contributed by atoms with Crippen LogP contribution in [-0.4, -0.2) is 25.3 Å². The molecule has 1 rings (SSSR count). The van der Waals surface area contributed by atoms with Gasteiger partial charge in [0.2, 0.25) is 0 Å². The van der Waals surface area contributed by atoms with E-state index >= 15 is 0 Å². The fourth-order valence-electron chi connectivity index (χ4n) is 1.33. The number of rotatable bonds is 6. The zero-order valence-electron chi connectivity index (χ0n) is 9.24. The number of hydrogen-bond acceptors (Lipinski definition) is 3. The van der Waals surface area contributed by atoms with Crippen molar-refractivity contribution in [2.24, 2.45) is 0 Å². The molecule has 1 atom stereocenters. The summed E-state index contributed by atoms with van der Waals surface area (Å²) in [4.78, 5) is 0. The number of aliphatic hydroxyl groups excluding tert-OH is 1. The van der Waals surface area contributed by atoms with Crippen molar-refractivity contribution in [1.82, 2.24) is 5.32 Å². The first kappa shape index (κ1) is 12.7. The summed E-state index contributed by atoms with van der Waals surface area (Å²) < 4.78 is 18.1. The molecule has 88 valence electrons. The monoisotopic (exact) mass is 225 g/mol. The van der Waals surface area contributed by atoms with Crippen LogP contribution in [0, 0.1) is 5.82 Å². The van der Waals surface area contributed by atoms with Gasteiger partial charge in [0.05, 0.1) is 13.2 Å². The SMILES string of the molecule is C=CCNCC(O)c1ccc(OC)c(F)c1. The topological polar surface area (TPSA) is 41.5 Å². The van der Waals surface area contributed by atoms with E-state index in [9.17, 15) is 9.50 Å². The van der Waals surface area contributed by atoms with E-state index in [1.807, 2.05) is 0 Å². The van der Waals surface area contributed by atoms with E-state index in [4.69, 9.17) is 4.74 Å². The Bertz CT molecular complexity index is 355. The standard InChI is InChI=1S/C12H16FNO2/c1-3-6-14-8-11(15)9-4-5-12(16-2)10(13)7-9/h3-5,7,11,14-15H,1,6,8H2,2H3. The van der Waals surface area contributed by atoms with Crippen molar-refractivity contribution < 1.29 is 14.2 Å². The van der Waals surface area contributed by atoms with Crippen molar-refractivity contribution in [2.75, 3.05) is 20.2 Å². The van der Waals surface area contributed by atoms with E-state index in [0.29, 0.717) is 18.7 Å². The van der Waals surface area contributed by atoms with Crippen molar-refractivity contribution in [3.05, 3.63) is 42.2 Å². The second-order valence-electron chi connectivity index (χ2n) is 3.36. The van der Waals surface area contributed by atoms with E-state index in [2.05, 4.69) is 11.9 Å². The highest BCUT2D eigenvalue weighted by Crippen LogP contribution is 2.21. The molecule has 0 aliphatic carbocycles. The van der Waals surface area contributed by atoms with Gasteiger partial charge in [0.1, 0.15) is 0 Å². The molecule has 0 fully saturated rings. The number of halogens is 1. The van der Waals surface area contributed by atoms with E-state index < -0.39 is 11.9 Å². The number of ether oxygens (including phenoxy) is 1. The van der Waals surface area contributed by atoms with Crippen molar-refractivity contribution in [1.29, 1.82) is 0 Å². The van der Waals surface area contributed by atoms with Gasteiger partial charge in [0.15, 0.2) is 11.6 Å². The van der Waals surface area contributed by atoms with Crippen LogP contribution in [0.15, 0.2) is 30.9 Å². The van der Waals surface area contributed by atoms with E-state index in [0.717, 1.165) is 0 Å². The highest BCUT2D eigenvalue weighted by molar-refractivity contribution is 5.30. The van der Waals surface area contributed by atoms with Crippen LogP contribution >= 0.6 is 0 Å². The molecule has 0 aromatic heterocycles. The molecular weight excluding hydrogens is 209 g/mol. The fraction of sp³-hybridized carbons (Fsp3) is 0.333. The van der Waals surface area contributed by atoms with Crippen molar-refractivity contribution in [2.45, 2.75) is 6.10 Å². The van der Waals surface area contributed by atoms with Crippen LogP contribution in [0.25, 0.3) is 0 Å². The molecule has 0 heterocycles. The van der Waals surface area contributed by atoms with Gasteiger partial charge in [-0.3, -0.25) is 0 Å². The van der Waals surface area contributed by atoms with Crippen LogP contribution in [0.1, 0.15) is 11.7 Å². The molecule has 0 aliphatic rings. The summed E-state index contributed by atoms with van der Waals surface area (Å²) in [5, 5.41) is 12.7. The predicted molar refractivity (Wildman–Crippen MR) is 61.0 cm³/mol. The normalized spacial score (nSPS) is 12.2. The smallest absolute Gasteiger partial charge is 0.165 e. The fourth-order valence-corrected chi connectivity index (χ4v) is 1.33. The van der Waals surface area contributed by atoms with Gasteiger partial charge in [-0.1, -0.05) is 12.1 Å². The van der Waals surface area contributed by atoms with E-state index in [1.165, 1.54) is 19.2 Å². The molecule has 3 nitrogen and oxygen atoms in total. The Labute approximate surface area is 94.6 Å². The summed E-state index contributed by atoms with van der Waals surface area (Å²) in [6.45, 7) is 4.51. The highest BCUT2D eigenvalue weighted by Gasteiger charge is 2.10. The molecule has 0 saturated heterocycles. The van der Waals surface area contributed by atoms with Crippen LogP contribution in [0.3, 0.4) is 0 Å². The maximum Gasteiger partial charge on any atom is 0.165 e. The number of benzene rings is 1. The van der Waals surface area contributed by atoms with Gasteiger partial charge in [-0.2, -0.15) is 0 Å². The number of methoxy groups -OCH3 is 1. The number of hydrogen-bond donors (Lipinski definition) is 2. The lowest BCUT2D eigenvalue weighted by Crippen LogP contribution is -2.21. The van der Waals surface area contributed by atoms with Gasteiger partial charge in [-0.25, -0.2) is 4.39 Å². The number of nitrogens with one attached hydrogen (secondary N) is 1. The summed E-state index contributed by atoms with van der Waals surface area (Å²) in [6.07, 6.45) is 0.960. The molecule has 1 aromatic rings. The Morgan fingerprint density at radius 3 is 2.94 bits per heavy atom. The van der Waals surface area contributed by atoms with Crippen LogP contribution < -0.4 is 10.1 Å². The molecule has 0 aliphatic heterocycles. The van der Waals surface area contributed by atoms with Crippen molar-refractivity contribution in [3.8, 4) is 5.75 Å². The Hall–Kier alpha value is -1.39. The first-order valence-electron chi connectivity index (χ1n) is 5.02. The molecular formula is C12H16FNO2. The second kappa shape index (κ2) is 6.25. The summed E-state index contributed by atoms with van der Waals surface area (Å²) >= 11 is 0. The highest BCUT2D eigenvalue weighted by atomic mass is 19.1. The van der Waals surface area contributed by atoms with Crippen molar-refractivity contribution in [3.63, 3.8) is 0 Å². The van der Waals surface area contributed by atoms with Gasteiger partial charge < -0.3 is 15.2 Å². The van der Waals surface area contributed by atoms with E-state index in [1.54, 1.807) is 12.1 Å². The summed E-state index contributed by atoms with van der Waals surface area (Å²) in [5.41, 5.74) is 0.523. The van der Waals surface area contributed by atoms with Crippen LogP contribution in [0.5, 0.6) is 5.75 Å². The first-order valence-corrected chi connectivity index (χ1v) is 5.02. The van der Waals surface area contributed by atoms with Crippen LogP contribution in [0.2, 0.25) is 0 Å². The minimum absolute atomic E-state index is 0.176. The Morgan fingerprint density at radius 1 is 1.62 bits per heavy atom. The average molecular weight is 225 g/mol.